The molecule has 5 rings (SSSR count). The lowest BCUT2D eigenvalue weighted by molar-refractivity contribution is 0.0570. The number of aliphatic hydroxyl groups excluding tert-OH is 1. The molecule has 3 aliphatic rings. The predicted molar refractivity (Wildman–Crippen MR) is 117 cm³/mol. The highest BCUT2D eigenvalue weighted by molar-refractivity contribution is 5.91. The lowest BCUT2D eigenvalue weighted by Crippen LogP contribution is -2.40. The van der Waals surface area contributed by atoms with Crippen LogP contribution in [0.1, 0.15) is 71.0 Å². The quantitative estimate of drug-likeness (QED) is 0.562. The number of aliphatic hydroxyl groups is 1. The van der Waals surface area contributed by atoms with Crippen LogP contribution in [0.25, 0.3) is 16.5 Å². The molecule has 3 nitrogen and oxygen atoms in total. The molecule has 5 unspecified atom stereocenters. The minimum absolute atomic E-state index is 0.156. The molecule has 0 saturated heterocycles. The van der Waals surface area contributed by atoms with Crippen molar-refractivity contribution in [2.24, 2.45) is 23.2 Å². The van der Waals surface area contributed by atoms with E-state index in [-0.39, 0.29) is 11.5 Å². The first-order valence-electron chi connectivity index (χ1n) is 11.5. The Morgan fingerprint density at radius 3 is 2.86 bits per heavy atom. The second kappa shape index (κ2) is 7.43. The molecule has 0 spiro atoms. The molecular weight excluding hydrogens is 358 g/mol. The molecule has 1 N–H and O–H groups in total. The minimum Gasteiger partial charge on any atom is -0.393 e. The summed E-state index contributed by atoms with van der Waals surface area (Å²) in [6.07, 6.45) is 13.8. The molecule has 1 aromatic heterocycles. The van der Waals surface area contributed by atoms with Crippen LogP contribution in [-0.4, -0.2) is 16.4 Å². The fourth-order valence-corrected chi connectivity index (χ4v) is 6.59. The van der Waals surface area contributed by atoms with Gasteiger partial charge in [-0.2, -0.15) is 0 Å². The van der Waals surface area contributed by atoms with E-state index >= 15 is 0 Å². The van der Waals surface area contributed by atoms with Crippen molar-refractivity contribution in [1.29, 1.82) is 0 Å². The van der Waals surface area contributed by atoms with E-state index in [1.54, 1.807) is 0 Å². The van der Waals surface area contributed by atoms with E-state index in [2.05, 4.69) is 43.3 Å². The maximum absolute atomic E-state index is 10.3. The number of hydrogen-bond acceptors (Lipinski definition) is 3. The van der Waals surface area contributed by atoms with Gasteiger partial charge in [0, 0.05) is 11.0 Å². The zero-order chi connectivity index (χ0) is 20.0. The first kappa shape index (κ1) is 19.1. The van der Waals surface area contributed by atoms with E-state index in [1.165, 1.54) is 30.4 Å². The number of aromatic nitrogens is 1. The summed E-state index contributed by atoms with van der Waals surface area (Å²) < 4.78 is 5.90. The van der Waals surface area contributed by atoms with Gasteiger partial charge in [-0.15, -0.1) is 0 Å². The summed E-state index contributed by atoms with van der Waals surface area (Å²) >= 11 is 0. The molecule has 5 atom stereocenters. The zero-order valence-corrected chi connectivity index (χ0v) is 17.7. The third-order valence-electron chi connectivity index (χ3n) is 8.20. The summed E-state index contributed by atoms with van der Waals surface area (Å²) in [5.41, 5.74) is 3.88. The average molecular weight is 392 g/mol. The number of allylic oxidation sites excluding steroid dienone is 3. The summed E-state index contributed by atoms with van der Waals surface area (Å²) in [4.78, 5) is 0. The minimum atomic E-state index is -0.156. The van der Waals surface area contributed by atoms with Crippen LogP contribution in [0.5, 0.6) is 0 Å². The van der Waals surface area contributed by atoms with Crippen LogP contribution >= 0.6 is 0 Å². The van der Waals surface area contributed by atoms with E-state index < -0.39 is 0 Å². The standard InChI is InChI=1S/C26H33NO2/c1-17-10-11-20-18(6-5-7-19(28)16-17)14-15-26(2)22(20)12-13-23(26)25-21-8-3-4-9-24(21)27-29-25/h3-4,8-10,13,18-20,22,28H,5-7,11-12,14-16H2,1-2H3. The number of hydrogen-bond donors (Lipinski definition) is 1. The third kappa shape index (κ3) is 3.28. The largest absolute Gasteiger partial charge is 0.393 e. The van der Waals surface area contributed by atoms with E-state index in [0.717, 1.165) is 60.6 Å². The molecule has 3 heteroatoms. The van der Waals surface area contributed by atoms with Crippen LogP contribution in [0.15, 0.2) is 46.5 Å². The van der Waals surface area contributed by atoms with Gasteiger partial charge in [-0.25, -0.2) is 0 Å². The molecule has 1 heterocycles. The van der Waals surface area contributed by atoms with Crippen molar-refractivity contribution >= 4 is 16.5 Å². The van der Waals surface area contributed by atoms with Crippen molar-refractivity contribution in [2.75, 3.05) is 0 Å². The fraction of sp³-hybridized carbons (Fsp3) is 0.577. The molecular formula is C26H33NO2. The van der Waals surface area contributed by atoms with Gasteiger partial charge in [-0.3, -0.25) is 0 Å². The van der Waals surface area contributed by atoms with Crippen LogP contribution in [0.4, 0.5) is 0 Å². The Morgan fingerprint density at radius 2 is 1.97 bits per heavy atom. The Bertz CT molecular complexity index is 955. The van der Waals surface area contributed by atoms with Crippen LogP contribution in [0, 0.1) is 23.2 Å². The van der Waals surface area contributed by atoms with Crippen molar-refractivity contribution < 1.29 is 9.63 Å². The van der Waals surface area contributed by atoms with E-state index in [1.807, 2.05) is 12.1 Å². The van der Waals surface area contributed by atoms with Crippen LogP contribution in [-0.2, 0) is 0 Å². The summed E-state index contributed by atoms with van der Waals surface area (Å²) in [7, 11) is 0. The van der Waals surface area contributed by atoms with Gasteiger partial charge in [0.15, 0.2) is 5.76 Å². The van der Waals surface area contributed by atoms with Gasteiger partial charge in [-0.1, -0.05) is 54.8 Å². The van der Waals surface area contributed by atoms with Gasteiger partial charge in [0.25, 0.3) is 0 Å². The molecule has 1 aromatic carbocycles. The Morgan fingerprint density at radius 1 is 1.10 bits per heavy atom. The first-order valence-corrected chi connectivity index (χ1v) is 11.5. The molecule has 1 saturated carbocycles. The Labute approximate surface area is 173 Å². The van der Waals surface area contributed by atoms with E-state index in [9.17, 15) is 5.11 Å². The highest BCUT2D eigenvalue weighted by Gasteiger charge is 2.51. The van der Waals surface area contributed by atoms with Crippen molar-refractivity contribution in [3.8, 4) is 0 Å². The first-order chi connectivity index (χ1) is 14.1. The highest BCUT2D eigenvalue weighted by Crippen LogP contribution is 2.61. The number of rotatable bonds is 1. The normalized spacial score (nSPS) is 35.6. The predicted octanol–water partition coefficient (Wildman–Crippen LogP) is 6.53. The van der Waals surface area contributed by atoms with Crippen LogP contribution < -0.4 is 0 Å². The van der Waals surface area contributed by atoms with Crippen molar-refractivity contribution in [3.05, 3.63) is 47.8 Å². The van der Waals surface area contributed by atoms with Crippen molar-refractivity contribution in [2.45, 2.75) is 71.3 Å². The number of nitrogens with zero attached hydrogens (tertiary/aromatic N) is 1. The average Bonchev–Trinajstić information content (AvgIpc) is 3.27. The second-order valence-electron chi connectivity index (χ2n) is 9.94. The summed E-state index contributed by atoms with van der Waals surface area (Å²) in [6, 6.07) is 8.29. The topological polar surface area (TPSA) is 46.3 Å². The molecule has 0 bridgehead atoms. The van der Waals surface area contributed by atoms with Gasteiger partial charge in [0.2, 0.25) is 0 Å². The second-order valence-corrected chi connectivity index (χ2v) is 9.94. The fourth-order valence-electron chi connectivity index (χ4n) is 6.59. The summed E-state index contributed by atoms with van der Waals surface area (Å²) in [5, 5.41) is 15.7. The molecule has 1 fully saturated rings. The van der Waals surface area contributed by atoms with Gasteiger partial charge in [-0.05, 0) is 80.8 Å². The maximum atomic E-state index is 10.3. The monoisotopic (exact) mass is 391 g/mol. The van der Waals surface area contributed by atoms with Crippen LogP contribution in [0.2, 0.25) is 0 Å². The lowest BCUT2D eigenvalue weighted by atomic mass is 9.56. The van der Waals surface area contributed by atoms with Gasteiger partial charge in [0.1, 0.15) is 5.52 Å². The zero-order valence-electron chi connectivity index (χ0n) is 17.7. The molecule has 0 aliphatic heterocycles. The maximum Gasteiger partial charge on any atom is 0.170 e. The molecule has 3 aliphatic carbocycles. The van der Waals surface area contributed by atoms with Crippen LogP contribution in [0.3, 0.4) is 0 Å². The lowest BCUT2D eigenvalue weighted by Gasteiger charge is -2.48. The molecule has 0 amide bonds. The van der Waals surface area contributed by atoms with Gasteiger partial charge >= 0.3 is 0 Å². The Kier molecular flexibility index (Phi) is 4.90. The molecule has 0 radical (unpaired) electrons. The Hall–Kier alpha value is -1.87. The number of benzene rings is 1. The smallest absolute Gasteiger partial charge is 0.170 e. The Balaban J connectivity index is 1.47. The van der Waals surface area contributed by atoms with E-state index in [0.29, 0.717) is 5.92 Å². The molecule has 154 valence electrons. The van der Waals surface area contributed by atoms with Gasteiger partial charge in [0.05, 0.1) is 6.10 Å². The van der Waals surface area contributed by atoms with E-state index in [4.69, 9.17) is 4.52 Å². The third-order valence-corrected chi connectivity index (χ3v) is 8.20. The summed E-state index contributed by atoms with van der Waals surface area (Å²) in [5.74, 6) is 3.18. The number of fused-ring (bicyclic) bond motifs is 4. The SMILES string of the molecule is CC1=CCC2C(CCCC(O)C1)CCC1(C)C(c3onc4ccccc34)=CCC21. The van der Waals surface area contributed by atoms with Crippen molar-refractivity contribution in [3.63, 3.8) is 0 Å². The molecule has 29 heavy (non-hydrogen) atoms. The highest BCUT2D eigenvalue weighted by atomic mass is 16.5. The molecule has 2 aromatic rings. The van der Waals surface area contributed by atoms with Gasteiger partial charge < -0.3 is 9.63 Å². The van der Waals surface area contributed by atoms with Crippen molar-refractivity contribution in [1.82, 2.24) is 5.16 Å². The summed E-state index contributed by atoms with van der Waals surface area (Å²) in [6.45, 7) is 4.67.